The number of rotatable bonds is 4. The molecule has 2 amide bonds. The minimum absolute atomic E-state index is 0.00123. The van der Waals surface area contributed by atoms with Crippen LogP contribution in [0.5, 0.6) is 0 Å². The average Bonchev–Trinajstić information content (AvgIpc) is 3.07. The van der Waals surface area contributed by atoms with Crippen molar-refractivity contribution in [2.45, 2.75) is 65.5 Å². The van der Waals surface area contributed by atoms with Crippen LogP contribution in [0.4, 0.5) is 9.93 Å². The predicted molar refractivity (Wildman–Crippen MR) is 115 cm³/mol. The molecule has 3 heterocycles. The van der Waals surface area contributed by atoms with Crippen LogP contribution in [0.25, 0.3) is 0 Å². The van der Waals surface area contributed by atoms with E-state index in [-0.39, 0.29) is 17.9 Å². The third-order valence-corrected chi connectivity index (χ3v) is 6.23. The molecule has 1 atom stereocenters. The van der Waals surface area contributed by atoms with Crippen LogP contribution in [0.3, 0.4) is 0 Å². The van der Waals surface area contributed by atoms with E-state index in [2.05, 4.69) is 22.1 Å². The zero-order valence-corrected chi connectivity index (χ0v) is 18.9. The van der Waals surface area contributed by atoms with Crippen molar-refractivity contribution in [3.8, 4) is 0 Å². The van der Waals surface area contributed by atoms with Crippen molar-refractivity contribution in [3.63, 3.8) is 0 Å². The van der Waals surface area contributed by atoms with Gasteiger partial charge in [-0.15, -0.1) is 11.3 Å². The van der Waals surface area contributed by atoms with Gasteiger partial charge in [-0.1, -0.05) is 6.92 Å². The second kappa shape index (κ2) is 9.43. The summed E-state index contributed by atoms with van der Waals surface area (Å²) in [5.41, 5.74) is 0.527. The molecule has 2 fully saturated rings. The Balaban J connectivity index is 1.44. The lowest BCUT2D eigenvalue weighted by molar-refractivity contribution is -0.121. The van der Waals surface area contributed by atoms with Gasteiger partial charge in [0, 0.05) is 37.5 Å². The maximum Gasteiger partial charge on any atom is 0.410 e. The summed E-state index contributed by atoms with van der Waals surface area (Å²) in [6.07, 6.45) is 3.55. The molecule has 0 aliphatic carbocycles. The Bertz CT molecular complexity index is 707. The summed E-state index contributed by atoms with van der Waals surface area (Å²) in [5, 5.41) is 5.69. The molecule has 2 saturated heterocycles. The average molecular weight is 423 g/mol. The number of carbonyl (C=O) groups is 2. The van der Waals surface area contributed by atoms with E-state index >= 15 is 0 Å². The summed E-state index contributed by atoms with van der Waals surface area (Å²) in [7, 11) is 0. The maximum atomic E-state index is 12.6. The van der Waals surface area contributed by atoms with Gasteiger partial charge >= 0.3 is 6.09 Å². The maximum absolute atomic E-state index is 12.6. The molecular formula is C21H34N4O3S. The fraction of sp³-hybridized carbons (Fsp3) is 0.762. The number of anilines is 1. The first-order valence-corrected chi connectivity index (χ1v) is 11.5. The van der Waals surface area contributed by atoms with Crippen LogP contribution < -0.4 is 5.32 Å². The lowest BCUT2D eigenvalue weighted by Crippen LogP contribution is -2.43. The number of likely N-dealkylation sites (tertiary alicyclic amines) is 2. The second-order valence-electron chi connectivity index (χ2n) is 9.36. The lowest BCUT2D eigenvalue weighted by Gasteiger charge is -2.32. The number of aromatic nitrogens is 1. The van der Waals surface area contributed by atoms with Crippen molar-refractivity contribution in [3.05, 3.63) is 11.1 Å². The largest absolute Gasteiger partial charge is 0.444 e. The number of nitrogens with one attached hydrogen (secondary N) is 1. The van der Waals surface area contributed by atoms with Crippen LogP contribution in [0.15, 0.2) is 5.38 Å². The molecule has 1 aromatic heterocycles. The van der Waals surface area contributed by atoms with Crippen LogP contribution in [0, 0.1) is 11.8 Å². The van der Waals surface area contributed by atoms with Gasteiger partial charge in [-0.3, -0.25) is 9.69 Å². The molecule has 7 nitrogen and oxygen atoms in total. The first-order chi connectivity index (χ1) is 13.7. The molecule has 0 aromatic carbocycles. The molecule has 162 valence electrons. The van der Waals surface area contributed by atoms with Gasteiger partial charge in [0.25, 0.3) is 0 Å². The van der Waals surface area contributed by atoms with Crippen molar-refractivity contribution in [2.75, 3.05) is 31.5 Å². The Morgan fingerprint density at radius 2 is 1.97 bits per heavy atom. The number of piperidine rings is 2. The zero-order valence-electron chi connectivity index (χ0n) is 18.1. The molecule has 0 bridgehead atoms. The highest BCUT2D eigenvalue weighted by Gasteiger charge is 2.30. The Morgan fingerprint density at radius 1 is 1.24 bits per heavy atom. The number of ether oxygens (including phenoxy) is 1. The van der Waals surface area contributed by atoms with Gasteiger partial charge < -0.3 is 15.0 Å². The summed E-state index contributed by atoms with van der Waals surface area (Å²) in [6, 6.07) is 0. The smallest absolute Gasteiger partial charge is 0.410 e. The lowest BCUT2D eigenvalue weighted by atomic mass is 9.96. The third kappa shape index (κ3) is 6.67. The van der Waals surface area contributed by atoms with Crippen molar-refractivity contribution in [1.29, 1.82) is 0 Å². The van der Waals surface area contributed by atoms with Gasteiger partial charge in [0.1, 0.15) is 5.60 Å². The van der Waals surface area contributed by atoms with Gasteiger partial charge in [0.05, 0.1) is 5.69 Å². The van der Waals surface area contributed by atoms with E-state index in [1.54, 1.807) is 4.90 Å². The molecule has 29 heavy (non-hydrogen) atoms. The SMILES string of the molecule is CC1CCCN(Cc2csc(NC(=O)C3CCN(C(=O)OC(C)(C)C)CC3)n2)C1. The van der Waals surface area contributed by atoms with Gasteiger partial charge in [0.15, 0.2) is 5.13 Å². The molecule has 0 radical (unpaired) electrons. The Labute approximate surface area is 177 Å². The second-order valence-corrected chi connectivity index (χ2v) is 10.2. The normalized spacial score (nSPS) is 21.8. The minimum atomic E-state index is -0.500. The van der Waals surface area contributed by atoms with Gasteiger partial charge in [0.2, 0.25) is 5.91 Å². The first-order valence-electron chi connectivity index (χ1n) is 10.6. The van der Waals surface area contributed by atoms with Crippen LogP contribution in [-0.2, 0) is 16.1 Å². The molecule has 2 aliphatic heterocycles. The predicted octanol–water partition coefficient (Wildman–Crippen LogP) is 3.96. The third-order valence-electron chi connectivity index (χ3n) is 5.43. The summed E-state index contributed by atoms with van der Waals surface area (Å²) in [6.45, 7) is 12.1. The highest BCUT2D eigenvalue weighted by molar-refractivity contribution is 7.13. The molecule has 1 aromatic rings. The van der Waals surface area contributed by atoms with E-state index in [1.165, 1.54) is 24.2 Å². The van der Waals surface area contributed by atoms with E-state index in [9.17, 15) is 9.59 Å². The zero-order chi connectivity index (χ0) is 21.0. The minimum Gasteiger partial charge on any atom is -0.444 e. The van der Waals surface area contributed by atoms with Crippen molar-refractivity contribution in [2.24, 2.45) is 11.8 Å². The molecule has 8 heteroatoms. The topological polar surface area (TPSA) is 74.8 Å². The van der Waals surface area contributed by atoms with E-state index < -0.39 is 5.60 Å². The molecule has 0 saturated carbocycles. The fourth-order valence-corrected chi connectivity index (χ4v) is 4.66. The van der Waals surface area contributed by atoms with Crippen molar-refractivity contribution in [1.82, 2.24) is 14.8 Å². The number of hydrogen-bond acceptors (Lipinski definition) is 6. The highest BCUT2D eigenvalue weighted by Crippen LogP contribution is 2.24. The molecular weight excluding hydrogens is 388 g/mol. The summed E-state index contributed by atoms with van der Waals surface area (Å²) >= 11 is 1.49. The van der Waals surface area contributed by atoms with Crippen LogP contribution in [0.1, 0.15) is 59.1 Å². The standard InChI is InChI=1S/C21H34N4O3S/c1-15-6-5-9-24(12-15)13-17-14-29-19(22-17)23-18(26)16-7-10-25(11-8-16)20(27)28-21(2,3)4/h14-16H,5-13H2,1-4H3,(H,22,23,26). The van der Waals surface area contributed by atoms with Crippen molar-refractivity contribution >= 4 is 28.5 Å². The van der Waals surface area contributed by atoms with Crippen molar-refractivity contribution < 1.29 is 14.3 Å². The first kappa shape index (κ1) is 22.0. The molecule has 0 spiro atoms. The van der Waals surface area contributed by atoms with Crippen LogP contribution >= 0.6 is 11.3 Å². The summed E-state index contributed by atoms with van der Waals surface area (Å²) < 4.78 is 5.41. The van der Waals surface area contributed by atoms with E-state index in [0.717, 1.165) is 31.2 Å². The summed E-state index contributed by atoms with van der Waals surface area (Å²) in [5.74, 6) is 0.651. The van der Waals surface area contributed by atoms with E-state index in [0.29, 0.717) is 31.1 Å². The van der Waals surface area contributed by atoms with E-state index in [1.807, 2.05) is 26.2 Å². The van der Waals surface area contributed by atoms with Gasteiger partial charge in [-0.05, 0) is 58.9 Å². The molecule has 1 unspecified atom stereocenters. The number of nitrogens with zero attached hydrogens (tertiary/aromatic N) is 3. The molecule has 2 aliphatic rings. The number of hydrogen-bond donors (Lipinski definition) is 1. The fourth-order valence-electron chi connectivity index (χ4n) is 3.95. The van der Waals surface area contributed by atoms with Gasteiger partial charge in [-0.25, -0.2) is 9.78 Å². The molecule has 3 rings (SSSR count). The Kier molecular flexibility index (Phi) is 7.16. The number of amides is 2. The van der Waals surface area contributed by atoms with Gasteiger partial charge in [-0.2, -0.15) is 0 Å². The van der Waals surface area contributed by atoms with Crippen LogP contribution in [0.2, 0.25) is 0 Å². The summed E-state index contributed by atoms with van der Waals surface area (Å²) in [4.78, 5) is 33.5. The molecule has 1 N–H and O–H groups in total. The van der Waals surface area contributed by atoms with Crippen LogP contribution in [-0.4, -0.2) is 58.6 Å². The van der Waals surface area contributed by atoms with E-state index in [4.69, 9.17) is 4.74 Å². The highest BCUT2D eigenvalue weighted by atomic mass is 32.1. The monoisotopic (exact) mass is 422 g/mol. The number of carbonyl (C=O) groups excluding carboxylic acids is 2. The Hall–Kier alpha value is -1.67. The number of thiazole rings is 1. The quantitative estimate of drug-likeness (QED) is 0.795. The Morgan fingerprint density at radius 3 is 2.62 bits per heavy atom.